The van der Waals surface area contributed by atoms with Crippen LogP contribution in [0.5, 0.6) is 5.75 Å². The Morgan fingerprint density at radius 2 is 1.22 bits per heavy atom. The number of hydrogen-bond donors (Lipinski definition) is 0. The van der Waals surface area contributed by atoms with Gasteiger partial charge in [0.15, 0.2) is 5.60 Å². The smallest absolute Gasteiger partial charge is 0.178 e. The van der Waals surface area contributed by atoms with E-state index < -0.39 is 5.60 Å². The van der Waals surface area contributed by atoms with Crippen LogP contribution in [0.1, 0.15) is 42.0 Å². The molecule has 0 spiro atoms. The second kappa shape index (κ2) is 10.9. The molecule has 4 aromatic rings. The number of fused-ring (bicyclic) bond motifs is 3. The van der Waals surface area contributed by atoms with E-state index >= 15 is 0 Å². The molecule has 3 heterocycles. The Kier molecular flexibility index (Phi) is 6.93. The van der Waals surface area contributed by atoms with Crippen LogP contribution in [0, 0.1) is 0 Å². The molecule has 0 bridgehead atoms. The Balaban J connectivity index is 1.35. The highest BCUT2D eigenvalue weighted by Gasteiger charge is 2.38. The van der Waals surface area contributed by atoms with Crippen molar-refractivity contribution in [2.45, 2.75) is 25.4 Å². The molecule has 0 amide bonds. The predicted molar refractivity (Wildman–Crippen MR) is 167 cm³/mol. The fourth-order valence-electron chi connectivity index (χ4n) is 6.47. The lowest BCUT2D eigenvalue weighted by Crippen LogP contribution is -2.37. The summed E-state index contributed by atoms with van der Waals surface area (Å²) in [5, 5.41) is 2.36. The average molecular weight is 547 g/mol. The number of hydrogen-bond acceptors (Lipinski definition) is 5. The molecule has 41 heavy (non-hydrogen) atoms. The molecule has 0 saturated carbocycles. The van der Waals surface area contributed by atoms with Crippen LogP contribution in [-0.2, 0) is 15.1 Å². The van der Waals surface area contributed by atoms with Gasteiger partial charge in [-0.25, -0.2) is 0 Å². The third kappa shape index (κ3) is 4.77. The van der Waals surface area contributed by atoms with Crippen LogP contribution >= 0.6 is 0 Å². The van der Waals surface area contributed by atoms with Crippen molar-refractivity contribution in [2.24, 2.45) is 0 Å². The van der Waals surface area contributed by atoms with Crippen molar-refractivity contribution in [3.05, 3.63) is 107 Å². The number of anilines is 2. The monoisotopic (exact) mass is 546 g/mol. The fraction of sp³-hybridized carbons (Fsp3) is 0.333. The standard InChI is InChI=1S/C36H38N2O3/c1-26(2)34-25-27-5-3-4-6-32(27)35-33(34)15-16-36(41-35,28-7-11-30(12-8-28)37-17-21-39-22-18-37)29-9-13-31(14-10-29)38-19-23-40-24-20-38/h3-16,25-26H,17-24H2,1-2H3. The van der Waals surface area contributed by atoms with E-state index in [0.717, 1.165) is 74.9 Å². The van der Waals surface area contributed by atoms with Gasteiger partial charge in [-0.2, -0.15) is 0 Å². The second-order valence-corrected chi connectivity index (χ2v) is 11.5. The lowest BCUT2D eigenvalue weighted by molar-refractivity contribution is 0.122. The second-order valence-electron chi connectivity index (χ2n) is 11.5. The Labute approximate surface area is 242 Å². The largest absolute Gasteiger partial charge is 0.472 e. The van der Waals surface area contributed by atoms with Crippen LogP contribution in [0.3, 0.4) is 0 Å². The molecule has 0 radical (unpaired) electrons. The van der Waals surface area contributed by atoms with Crippen molar-refractivity contribution in [1.29, 1.82) is 0 Å². The van der Waals surface area contributed by atoms with Crippen molar-refractivity contribution >= 4 is 28.2 Å². The topological polar surface area (TPSA) is 34.2 Å². The lowest BCUT2D eigenvalue weighted by Gasteiger charge is -2.38. The first kappa shape index (κ1) is 26.1. The van der Waals surface area contributed by atoms with Gasteiger partial charge in [-0.3, -0.25) is 0 Å². The van der Waals surface area contributed by atoms with Crippen LogP contribution in [0.2, 0.25) is 0 Å². The molecule has 7 rings (SSSR count). The molecule has 210 valence electrons. The Morgan fingerprint density at radius 1 is 0.683 bits per heavy atom. The van der Waals surface area contributed by atoms with Crippen molar-refractivity contribution in [3.63, 3.8) is 0 Å². The van der Waals surface area contributed by atoms with Gasteiger partial charge in [-0.15, -0.1) is 0 Å². The van der Waals surface area contributed by atoms with Crippen molar-refractivity contribution < 1.29 is 14.2 Å². The molecule has 2 saturated heterocycles. The summed E-state index contributed by atoms with van der Waals surface area (Å²) in [5.74, 6) is 1.35. The summed E-state index contributed by atoms with van der Waals surface area (Å²) < 4.78 is 18.5. The molecule has 0 atom stereocenters. The van der Waals surface area contributed by atoms with Crippen molar-refractivity contribution in [2.75, 3.05) is 62.4 Å². The highest BCUT2D eigenvalue weighted by Crippen LogP contribution is 2.47. The molecule has 4 aromatic carbocycles. The first-order valence-corrected chi connectivity index (χ1v) is 14.9. The summed E-state index contributed by atoms with van der Waals surface area (Å²) in [4.78, 5) is 4.79. The van der Waals surface area contributed by atoms with E-state index in [9.17, 15) is 0 Å². The number of benzene rings is 4. The predicted octanol–water partition coefficient (Wildman–Crippen LogP) is 6.99. The Morgan fingerprint density at radius 3 is 1.76 bits per heavy atom. The first-order valence-electron chi connectivity index (χ1n) is 14.9. The average Bonchev–Trinajstić information content (AvgIpc) is 3.05. The minimum atomic E-state index is -0.752. The third-order valence-corrected chi connectivity index (χ3v) is 8.79. The molecular weight excluding hydrogens is 508 g/mol. The minimum absolute atomic E-state index is 0.384. The van der Waals surface area contributed by atoms with Gasteiger partial charge in [0.05, 0.1) is 26.4 Å². The van der Waals surface area contributed by atoms with Gasteiger partial charge in [-0.1, -0.05) is 74.5 Å². The van der Waals surface area contributed by atoms with Gasteiger partial charge in [0.25, 0.3) is 0 Å². The number of morpholine rings is 2. The van der Waals surface area contributed by atoms with Crippen LogP contribution in [0.4, 0.5) is 11.4 Å². The zero-order chi connectivity index (χ0) is 27.8. The quantitative estimate of drug-likeness (QED) is 0.270. The first-order chi connectivity index (χ1) is 20.1. The maximum absolute atomic E-state index is 7.31. The van der Waals surface area contributed by atoms with Crippen LogP contribution in [0.15, 0.2) is 84.9 Å². The van der Waals surface area contributed by atoms with Crippen LogP contribution in [0.25, 0.3) is 16.8 Å². The van der Waals surface area contributed by atoms with Gasteiger partial charge in [0.2, 0.25) is 0 Å². The molecule has 5 nitrogen and oxygen atoms in total. The fourth-order valence-corrected chi connectivity index (χ4v) is 6.47. The molecule has 2 fully saturated rings. The number of nitrogens with zero attached hydrogens (tertiary/aromatic N) is 2. The molecule has 0 aromatic heterocycles. The molecule has 0 N–H and O–H groups in total. The van der Waals surface area contributed by atoms with Gasteiger partial charge in [0, 0.05) is 59.6 Å². The van der Waals surface area contributed by atoms with E-state index in [1.54, 1.807) is 0 Å². The summed E-state index contributed by atoms with van der Waals surface area (Å²) in [6.07, 6.45) is 4.57. The maximum Gasteiger partial charge on any atom is 0.178 e. The Hall–Kier alpha value is -3.80. The summed E-state index contributed by atoms with van der Waals surface area (Å²) in [7, 11) is 0. The van der Waals surface area contributed by atoms with Gasteiger partial charge in [0.1, 0.15) is 5.75 Å². The normalized spacial score (nSPS) is 18.4. The van der Waals surface area contributed by atoms with E-state index in [2.05, 4.69) is 115 Å². The van der Waals surface area contributed by atoms with E-state index in [1.807, 2.05) is 0 Å². The van der Waals surface area contributed by atoms with E-state index in [0.29, 0.717) is 5.92 Å². The summed E-state index contributed by atoms with van der Waals surface area (Å²) in [6.45, 7) is 11.3. The third-order valence-electron chi connectivity index (χ3n) is 8.79. The van der Waals surface area contributed by atoms with Crippen LogP contribution < -0.4 is 14.5 Å². The van der Waals surface area contributed by atoms with E-state index in [1.165, 1.54) is 27.9 Å². The molecule has 5 heteroatoms. The number of ether oxygens (including phenoxy) is 3. The highest BCUT2D eigenvalue weighted by atomic mass is 16.5. The summed E-state index contributed by atoms with van der Waals surface area (Å²) >= 11 is 0. The van der Waals surface area contributed by atoms with E-state index in [4.69, 9.17) is 14.2 Å². The lowest BCUT2D eigenvalue weighted by atomic mass is 9.81. The van der Waals surface area contributed by atoms with Crippen molar-refractivity contribution in [3.8, 4) is 5.75 Å². The summed E-state index contributed by atoms with van der Waals surface area (Å²) in [5.41, 5.74) is 6.44. The molecule has 3 aliphatic rings. The van der Waals surface area contributed by atoms with Gasteiger partial charge < -0.3 is 24.0 Å². The summed E-state index contributed by atoms with van der Waals surface area (Å²) in [6, 6.07) is 28.8. The van der Waals surface area contributed by atoms with Crippen molar-refractivity contribution in [1.82, 2.24) is 0 Å². The zero-order valence-corrected chi connectivity index (χ0v) is 24.0. The van der Waals surface area contributed by atoms with E-state index in [-0.39, 0.29) is 0 Å². The molecule has 0 aliphatic carbocycles. The maximum atomic E-state index is 7.31. The van der Waals surface area contributed by atoms with Gasteiger partial charge >= 0.3 is 0 Å². The van der Waals surface area contributed by atoms with Gasteiger partial charge in [-0.05, 0) is 47.2 Å². The SMILES string of the molecule is CC(C)c1cc2ccccc2c2c1C=CC(c1ccc(N3CCOCC3)cc1)(c1ccc(N3CCOCC3)cc1)O2. The molecule has 0 unspecified atom stereocenters. The minimum Gasteiger partial charge on any atom is -0.472 e. The highest BCUT2D eigenvalue weighted by molar-refractivity contribution is 5.94. The molecule has 3 aliphatic heterocycles. The Bertz CT molecular complexity index is 1490. The molecular formula is C36H38N2O3. The van der Waals surface area contributed by atoms with Crippen LogP contribution in [-0.4, -0.2) is 52.6 Å². The zero-order valence-electron chi connectivity index (χ0n) is 24.0. The number of rotatable bonds is 5.